The van der Waals surface area contributed by atoms with Gasteiger partial charge < -0.3 is 49.6 Å². The number of carboxylic acid groups (broad SMARTS) is 1. The number of aliphatic hydroxyl groups excluding tert-OH is 1. The predicted octanol–water partition coefficient (Wildman–Crippen LogP) is 8.02. The van der Waals surface area contributed by atoms with E-state index in [1.165, 1.54) is 0 Å². The monoisotopic (exact) mass is 869 g/mol. The van der Waals surface area contributed by atoms with E-state index in [9.17, 15) is 29.7 Å². The van der Waals surface area contributed by atoms with Crippen molar-refractivity contribution in [2.75, 3.05) is 5.32 Å². The largest absolute Gasteiger partial charge is 0.481 e. The van der Waals surface area contributed by atoms with E-state index in [1.54, 1.807) is 6.92 Å². The fourth-order valence-corrected chi connectivity index (χ4v) is 11.5. The van der Waals surface area contributed by atoms with Gasteiger partial charge in [0.1, 0.15) is 11.8 Å². The lowest BCUT2D eigenvalue weighted by molar-refractivity contribution is -0.397. The van der Waals surface area contributed by atoms with Crippen LogP contribution in [-0.4, -0.2) is 98.5 Å². The Morgan fingerprint density at radius 2 is 1.56 bits per heavy atom. The van der Waals surface area contributed by atoms with Crippen LogP contribution in [0.5, 0.6) is 0 Å². The van der Waals surface area contributed by atoms with Gasteiger partial charge in [-0.2, -0.15) is 0 Å². The van der Waals surface area contributed by atoms with E-state index in [4.69, 9.17) is 23.7 Å². The average Bonchev–Trinajstić information content (AvgIpc) is 3.59. The summed E-state index contributed by atoms with van der Waals surface area (Å²) in [5.74, 6) is -6.09. The Bertz CT molecular complexity index is 1750. The number of nitrogens with one attached hydrogen (secondary N) is 2. The van der Waals surface area contributed by atoms with Gasteiger partial charge in [-0.15, -0.1) is 0 Å². The van der Waals surface area contributed by atoms with Crippen LogP contribution < -0.4 is 10.6 Å². The number of rotatable bonds is 14. The second kappa shape index (κ2) is 19.3. The summed E-state index contributed by atoms with van der Waals surface area (Å²) in [5, 5.41) is 39.0. The maximum atomic E-state index is 14.7. The number of ketones is 1. The van der Waals surface area contributed by atoms with E-state index < -0.39 is 95.0 Å². The quantitative estimate of drug-likeness (QED) is 0.114. The molecule has 5 aliphatic heterocycles. The summed E-state index contributed by atoms with van der Waals surface area (Å²) in [6, 6.07) is 8.07. The van der Waals surface area contributed by atoms with Crippen LogP contribution in [0.1, 0.15) is 133 Å². The highest BCUT2D eigenvalue weighted by atomic mass is 16.8. The number of ether oxygens (including phenoxy) is 5. The van der Waals surface area contributed by atoms with Gasteiger partial charge in [0.2, 0.25) is 0 Å². The molecule has 0 unspecified atom stereocenters. The first-order valence-electron chi connectivity index (χ1n) is 23.6. The number of para-hydroxylation sites is 1. The average molecular weight is 869 g/mol. The van der Waals surface area contributed by atoms with Gasteiger partial charge in [0.25, 0.3) is 0 Å². The molecule has 4 saturated heterocycles. The number of Topliss-reactive ketones (excluding diaryl/α,β-unsaturated/α-hetero) is 1. The van der Waals surface area contributed by atoms with Crippen molar-refractivity contribution in [2.24, 2.45) is 41.4 Å². The molecule has 5 heterocycles. The molecule has 0 radical (unpaired) electrons. The number of urea groups is 1. The van der Waals surface area contributed by atoms with Crippen molar-refractivity contribution >= 4 is 23.5 Å². The fourth-order valence-electron chi connectivity index (χ4n) is 11.5. The topological polar surface area (TPSA) is 182 Å². The zero-order chi connectivity index (χ0) is 45.4. The van der Waals surface area contributed by atoms with Crippen molar-refractivity contribution < 1.29 is 53.4 Å². The summed E-state index contributed by atoms with van der Waals surface area (Å²) in [4.78, 5) is 40.3. The van der Waals surface area contributed by atoms with Crippen molar-refractivity contribution in [3.8, 4) is 0 Å². The first-order valence-corrected chi connectivity index (χ1v) is 23.6. The van der Waals surface area contributed by atoms with Crippen LogP contribution >= 0.6 is 0 Å². The van der Waals surface area contributed by atoms with Gasteiger partial charge in [-0.05, 0) is 102 Å². The zero-order valence-electron chi connectivity index (χ0n) is 38.8. The maximum absolute atomic E-state index is 14.7. The van der Waals surface area contributed by atoms with Crippen LogP contribution in [0.3, 0.4) is 0 Å². The fraction of sp³-hybridized carbons (Fsp3) is 0.776. The molecule has 0 bridgehead atoms. The van der Waals surface area contributed by atoms with Gasteiger partial charge >= 0.3 is 12.0 Å². The Hall–Kier alpha value is -2.91. The first kappa shape index (κ1) is 48.5. The summed E-state index contributed by atoms with van der Waals surface area (Å²) in [6.45, 7) is 19.6. The molecule has 0 saturated carbocycles. The van der Waals surface area contributed by atoms with Gasteiger partial charge in [-0.3, -0.25) is 9.59 Å². The summed E-state index contributed by atoms with van der Waals surface area (Å²) in [5.41, 5.74) is -1.09. The normalized spacial score (nSPS) is 40.9. The SMILES string of the molecule is CC[C@@H](C(=O)[C@@H](C)[C@@H](O)[C@H](C)[C@@H]1O[C@@H]([C@@H](CC)C(=O)O)CC[C@@H]1C)[C@H]1O[C@]2(C=C[C@H](NC(=O)Nc3ccccc3)[C@]3(CC[C@@](C)([C@H]4CC[C@](O)(CC)[C@H](C)O4)O3)O2)[C@H](C)C[C@@H]1C. The first-order chi connectivity index (χ1) is 29.3. The number of amides is 2. The molecule has 2 spiro atoms. The standard InChI is InChI=1S/C49H76N2O11/c1-11-35(44(54)55)37-20-19-28(4)42(59-37)32(8)40(52)31(7)41(53)36(12-2)43-29(5)27-30(6)48(60-43)24-21-38(51-45(56)50-34-17-15-14-16-18-34)49(62-48)26-25-46(10,61-49)39-22-23-47(57,13-3)33(9)58-39/h14-18,21,24,28-33,35-40,42-43,52,57H,11-13,19-20,22-23,25-27H2,1-10H3,(H,54,55)(H2,50,51,56)/t28-,29-,30+,31-,32-,33-,35+,36-,37+,38-,39+,40+,42+,43-,46-,47+,48-,49-/m0/s1. The van der Waals surface area contributed by atoms with E-state index >= 15 is 0 Å². The minimum atomic E-state index is -1.36. The van der Waals surface area contributed by atoms with Gasteiger partial charge in [0, 0.05) is 35.8 Å². The Balaban J connectivity index is 1.24. The lowest BCUT2D eigenvalue weighted by Crippen LogP contribution is -2.66. The molecule has 18 atom stereocenters. The van der Waals surface area contributed by atoms with Crippen LogP contribution in [0.15, 0.2) is 42.5 Å². The third kappa shape index (κ3) is 9.56. The van der Waals surface area contributed by atoms with E-state index in [1.807, 2.05) is 84.0 Å². The Kier molecular flexibility index (Phi) is 15.1. The molecular formula is C49H76N2O11. The van der Waals surface area contributed by atoms with E-state index in [-0.39, 0.29) is 29.6 Å². The van der Waals surface area contributed by atoms with E-state index in [2.05, 4.69) is 31.4 Å². The van der Waals surface area contributed by atoms with Crippen LogP contribution in [-0.2, 0) is 33.3 Å². The molecular weight excluding hydrogens is 793 g/mol. The molecule has 13 heteroatoms. The van der Waals surface area contributed by atoms with Crippen LogP contribution in [0.25, 0.3) is 0 Å². The number of hydrogen-bond donors (Lipinski definition) is 5. The highest BCUT2D eigenvalue weighted by Gasteiger charge is 2.63. The molecule has 0 aliphatic carbocycles. The minimum Gasteiger partial charge on any atom is -0.481 e. The Morgan fingerprint density at radius 1 is 0.871 bits per heavy atom. The lowest BCUT2D eigenvalue weighted by Gasteiger charge is -2.55. The number of aliphatic hydroxyl groups is 2. The number of carbonyl (C=O) groups is 3. The van der Waals surface area contributed by atoms with Gasteiger partial charge in [0.05, 0.1) is 53.7 Å². The van der Waals surface area contributed by atoms with Gasteiger partial charge in [-0.25, -0.2) is 4.79 Å². The highest BCUT2D eigenvalue weighted by molar-refractivity contribution is 5.89. The number of carboxylic acids is 1. The van der Waals surface area contributed by atoms with Crippen molar-refractivity contribution in [1.29, 1.82) is 0 Å². The Labute approximate surface area is 369 Å². The van der Waals surface area contributed by atoms with E-state index in [0.29, 0.717) is 63.5 Å². The summed E-state index contributed by atoms with van der Waals surface area (Å²) >= 11 is 0. The third-order valence-corrected chi connectivity index (χ3v) is 15.8. The number of benzene rings is 1. The zero-order valence-corrected chi connectivity index (χ0v) is 38.8. The molecule has 1 aromatic carbocycles. The van der Waals surface area contributed by atoms with Crippen molar-refractivity contribution in [2.45, 2.75) is 199 Å². The molecule has 6 rings (SSSR count). The summed E-state index contributed by atoms with van der Waals surface area (Å²) < 4.78 is 34.6. The summed E-state index contributed by atoms with van der Waals surface area (Å²) in [7, 11) is 0. The molecule has 1 aromatic rings. The number of anilines is 1. The number of carbonyl (C=O) groups excluding carboxylic acids is 2. The molecule has 348 valence electrons. The second-order valence-electron chi connectivity index (χ2n) is 19.9. The third-order valence-electron chi connectivity index (χ3n) is 15.8. The molecule has 2 amide bonds. The van der Waals surface area contributed by atoms with Gasteiger partial charge in [0.15, 0.2) is 11.6 Å². The maximum Gasteiger partial charge on any atom is 0.319 e. The molecule has 5 aliphatic rings. The smallest absolute Gasteiger partial charge is 0.319 e. The summed E-state index contributed by atoms with van der Waals surface area (Å²) in [6.07, 6.45) is 6.41. The molecule has 0 aromatic heterocycles. The van der Waals surface area contributed by atoms with Crippen LogP contribution in [0.2, 0.25) is 0 Å². The van der Waals surface area contributed by atoms with Crippen LogP contribution in [0, 0.1) is 41.4 Å². The van der Waals surface area contributed by atoms with Gasteiger partial charge in [-0.1, -0.05) is 79.7 Å². The van der Waals surface area contributed by atoms with Crippen molar-refractivity contribution in [3.05, 3.63) is 42.5 Å². The van der Waals surface area contributed by atoms with Crippen LogP contribution in [0.4, 0.5) is 10.5 Å². The van der Waals surface area contributed by atoms with Crippen molar-refractivity contribution in [3.63, 3.8) is 0 Å². The number of aliphatic carboxylic acids is 1. The number of hydrogen-bond acceptors (Lipinski definition) is 10. The predicted molar refractivity (Wildman–Crippen MR) is 235 cm³/mol. The Morgan fingerprint density at radius 3 is 2.19 bits per heavy atom. The molecule has 62 heavy (non-hydrogen) atoms. The molecule has 13 nitrogen and oxygen atoms in total. The minimum absolute atomic E-state index is 0.0274. The van der Waals surface area contributed by atoms with Crippen molar-refractivity contribution in [1.82, 2.24) is 5.32 Å². The second-order valence-corrected chi connectivity index (χ2v) is 19.9. The van der Waals surface area contributed by atoms with E-state index in [0.717, 1.165) is 6.42 Å². The highest BCUT2D eigenvalue weighted by Crippen LogP contribution is 2.54. The molecule has 4 fully saturated rings. The lowest BCUT2D eigenvalue weighted by atomic mass is 9.72. The molecule has 5 N–H and O–H groups in total.